The van der Waals surface area contributed by atoms with Crippen LogP contribution in [0, 0.1) is 6.92 Å². The van der Waals surface area contributed by atoms with Gasteiger partial charge in [-0.1, -0.05) is 36.4 Å². The topological polar surface area (TPSA) is 126 Å². The molecule has 2 saturated heterocycles. The number of anilines is 1. The molecule has 10 nitrogen and oxygen atoms in total. The van der Waals surface area contributed by atoms with E-state index in [9.17, 15) is 13.5 Å². The van der Waals surface area contributed by atoms with Gasteiger partial charge in [0.15, 0.2) is 0 Å². The Labute approximate surface area is 235 Å². The molecule has 40 heavy (non-hydrogen) atoms. The van der Waals surface area contributed by atoms with Crippen molar-refractivity contribution in [3.63, 3.8) is 0 Å². The number of piperidine rings is 1. The summed E-state index contributed by atoms with van der Waals surface area (Å²) in [7, 11) is -2.20. The highest BCUT2D eigenvalue weighted by molar-refractivity contribution is 7.89. The molecule has 3 N–H and O–H groups in total. The number of sulfonamides is 1. The minimum atomic E-state index is -3.56. The number of rotatable bonds is 10. The monoisotopic (exact) mass is 567 g/mol. The zero-order valence-corrected chi connectivity index (χ0v) is 23.7. The molecule has 11 heteroatoms. The van der Waals surface area contributed by atoms with Crippen molar-refractivity contribution in [2.75, 3.05) is 44.8 Å². The van der Waals surface area contributed by atoms with E-state index in [-0.39, 0.29) is 23.1 Å². The van der Waals surface area contributed by atoms with Gasteiger partial charge in [0.05, 0.1) is 22.8 Å². The predicted molar refractivity (Wildman–Crippen MR) is 153 cm³/mol. The van der Waals surface area contributed by atoms with Gasteiger partial charge < -0.3 is 24.8 Å². The Bertz CT molecular complexity index is 1400. The summed E-state index contributed by atoms with van der Waals surface area (Å²) in [6.45, 7) is 4.64. The maximum atomic E-state index is 12.0. The maximum absolute atomic E-state index is 12.0. The van der Waals surface area contributed by atoms with Crippen molar-refractivity contribution in [1.82, 2.24) is 20.0 Å². The van der Waals surface area contributed by atoms with Gasteiger partial charge in [-0.2, -0.15) is 0 Å². The van der Waals surface area contributed by atoms with Crippen molar-refractivity contribution in [3.05, 3.63) is 66.4 Å². The average Bonchev–Trinajstić information content (AvgIpc) is 3.37. The molecule has 214 valence electrons. The minimum Gasteiger partial charge on any atom is -0.491 e. The van der Waals surface area contributed by atoms with Gasteiger partial charge in [0.2, 0.25) is 16.0 Å². The lowest BCUT2D eigenvalue weighted by Gasteiger charge is -2.38. The first-order valence-corrected chi connectivity index (χ1v) is 15.1. The Kier molecular flexibility index (Phi) is 8.67. The molecular formula is C29H37N5O5S. The van der Waals surface area contributed by atoms with Gasteiger partial charge >= 0.3 is 0 Å². The van der Waals surface area contributed by atoms with Gasteiger partial charge in [-0.25, -0.2) is 23.1 Å². The molecule has 0 bridgehead atoms. The molecule has 1 aromatic heterocycles. The average molecular weight is 568 g/mol. The lowest BCUT2D eigenvalue weighted by atomic mass is 9.87. The van der Waals surface area contributed by atoms with Crippen LogP contribution in [0.2, 0.25) is 0 Å². The van der Waals surface area contributed by atoms with Crippen LogP contribution in [-0.4, -0.2) is 81.1 Å². The van der Waals surface area contributed by atoms with Crippen molar-refractivity contribution in [2.45, 2.75) is 48.8 Å². The number of benzene rings is 2. The first-order chi connectivity index (χ1) is 19.2. The van der Waals surface area contributed by atoms with Gasteiger partial charge in [-0.15, -0.1) is 0 Å². The number of aromatic nitrogens is 2. The van der Waals surface area contributed by atoms with E-state index in [2.05, 4.69) is 27.1 Å². The molecule has 3 aromatic rings. The Morgan fingerprint density at radius 2 is 1.90 bits per heavy atom. The van der Waals surface area contributed by atoms with Gasteiger partial charge in [0, 0.05) is 43.0 Å². The lowest BCUT2D eigenvalue weighted by Crippen LogP contribution is -2.45. The van der Waals surface area contributed by atoms with Crippen LogP contribution in [-0.2, 0) is 14.8 Å². The molecule has 2 atom stereocenters. The standard InChI is InChI=1S/C29H37N5O5S/c1-21-15-27(22-7-4-3-5-8-22)33-28(32-21)34-13-11-29(12-14-34)17-23(19-39-29)31-18-24(35)20-38-25-9-6-10-26(16-25)40(36,37)30-2/h3-10,15-16,23-24,30-31,35H,11-14,17-20H2,1-2H3/t23-,24+/m1/s1. The van der Waals surface area contributed by atoms with Gasteiger partial charge in [-0.3, -0.25) is 0 Å². The molecule has 2 fully saturated rings. The van der Waals surface area contributed by atoms with E-state index in [1.54, 1.807) is 12.1 Å². The van der Waals surface area contributed by atoms with Crippen LogP contribution < -0.4 is 19.7 Å². The van der Waals surface area contributed by atoms with Gasteiger partial charge in [0.1, 0.15) is 18.5 Å². The molecule has 2 aromatic carbocycles. The van der Waals surface area contributed by atoms with Crippen molar-refractivity contribution < 1.29 is 23.0 Å². The van der Waals surface area contributed by atoms with E-state index in [0.717, 1.165) is 55.3 Å². The number of aryl methyl sites for hydroxylation is 1. The number of nitrogens with one attached hydrogen (secondary N) is 2. The number of ether oxygens (including phenoxy) is 2. The third-order valence-corrected chi connectivity index (χ3v) is 8.96. The van der Waals surface area contributed by atoms with Crippen LogP contribution in [0.3, 0.4) is 0 Å². The Balaban J connectivity index is 1.09. The SMILES string of the molecule is CNS(=O)(=O)c1cccc(OC[C@@H](O)CN[C@H]2COC3(CCN(c4nc(C)cc(-c5ccccc5)n4)CC3)C2)c1. The molecule has 1 spiro atoms. The second-order valence-corrected chi connectivity index (χ2v) is 12.4. The molecule has 2 aliphatic heterocycles. The minimum absolute atomic E-state index is 0.0468. The number of nitrogens with zero attached hydrogens (tertiary/aromatic N) is 3. The maximum Gasteiger partial charge on any atom is 0.240 e. The third kappa shape index (κ3) is 6.79. The normalized spacial score (nSPS) is 19.6. The fourth-order valence-electron chi connectivity index (χ4n) is 5.29. The Hall–Kier alpha value is -3.09. The van der Waals surface area contributed by atoms with Gasteiger partial charge in [0.25, 0.3) is 0 Å². The summed E-state index contributed by atoms with van der Waals surface area (Å²) < 4.78 is 38.2. The van der Waals surface area contributed by atoms with Crippen LogP contribution >= 0.6 is 0 Å². The predicted octanol–water partition coefficient (Wildman–Crippen LogP) is 2.52. The first-order valence-electron chi connectivity index (χ1n) is 13.6. The summed E-state index contributed by atoms with van der Waals surface area (Å²) in [6.07, 6.45) is 1.91. The molecule has 0 amide bonds. The molecule has 0 aliphatic carbocycles. The second kappa shape index (κ2) is 12.2. The number of hydrogen-bond acceptors (Lipinski definition) is 9. The second-order valence-electron chi connectivity index (χ2n) is 10.5. The summed E-state index contributed by atoms with van der Waals surface area (Å²) in [5, 5.41) is 13.9. The molecule has 5 rings (SSSR count). The highest BCUT2D eigenvalue weighted by Crippen LogP contribution is 2.37. The van der Waals surface area contributed by atoms with E-state index in [1.807, 2.05) is 31.2 Å². The molecule has 0 saturated carbocycles. The fourth-order valence-corrected chi connectivity index (χ4v) is 6.06. The van der Waals surface area contributed by atoms with E-state index in [0.29, 0.717) is 18.9 Å². The number of aliphatic hydroxyl groups is 1. The summed E-state index contributed by atoms with van der Waals surface area (Å²) in [5.74, 6) is 1.15. The Morgan fingerprint density at radius 3 is 2.65 bits per heavy atom. The third-order valence-electron chi connectivity index (χ3n) is 7.55. The van der Waals surface area contributed by atoms with E-state index >= 15 is 0 Å². The van der Waals surface area contributed by atoms with E-state index in [4.69, 9.17) is 19.4 Å². The zero-order chi connectivity index (χ0) is 28.2. The van der Waals surface area contributed by atoms with Crippen LogP contribution in [0.1, 0.15) is 25.0 Å². The smallest absolute Gasteiger partial charge is 0.240 e. The van der Waals surface area contributed by atoms with Crippen LogP contribution in [0.4, 0.5) is 5.95 Å². The van der Waals surface area contributed by atoms with Crippen LogP contribution in [0.5, 0.6) is 5.75 Å². The molecule has 0 radical (unpaired) electrons. The van der Waals surface area contributed by atoms with E-state index < -0.39 is 16.1 Å². The summed E-state index contributed by atoms with van der Waals surface area (Å²) in [5.41, 5.74) is 2.78. The molecule has 3 heterocycles. The van der Waals surface area contributed by atoms with Crippen LogP contribution in [0.25, 0.3) is 11.3 Å². The quantitative estimate of drug-likeness (QED) is 0.339. The molecule has 2 aliphatic rings. The summed E-state index contributed by atoms with van der Waals surface area (Å²) in [6, 6.07) is 18.5. The number of hydrogen-bond donors (Lipinski definition) is 3. The number of aliphatic hydroxyl groups excluding tert-OH is 1. The zero-order valence-electron chi connectivity index (χ0n) is 22.9. The van der Waals surface area contributed by atoms with Crippen molar-refractivity contribution >= 4 is 16.0 Å². The summed E-state index contributed by atoms with van der Waals surface area (Å²) >= 11 is 0. The largest absolute Gasteiger partial charge is 0.491 e. The summed E-state index contributed by atoms with van der Waals surface area (Å²) in [4.78, 5) is 11.9. The highest BCUT2D eigenvalue weighted by atomic mass is 32.2. The van der Waals surface area contributed by atoms with Crippen molar-refractivity contribution in [2.24, 2.45) is 0 Å². The van der Waals surface area contributed by atoms with Gasteiger partial charge in [-0.05, 0) is 51.4 Å². The molecule has 0 unspecified atom stereocenters. The fraction of sp³-hybridized carbons (Fsp3) is 0.448. The molecular weight excluding hydrogens is 530 g/mol. The Morgan fingerprint density at radius 1 is 1.12 bits per heavy atom. The lowest BCUT2D eigenvalue weighted by molar-refractivity contribution is -0.0152. The van der Waals surface area contributed by atoms with Crippen molar-refractivity contribution in [3.8, 4) is 17.0 Å². The first kappa shape index (κ1) is 28.4. The van der Waals surface area contributed by atoms with E-state index in [1.165, 1.54) is 19.2 Å². The van der Waals surface area contributed by atoms with Crippen molar-refractivity contribution in [1.29, 1.82) is 0 Å². The van der Waals surface area contributed by atoms with Crippen LogP contribution in [0.15, 0.2) is 65.6 Å². The highest BCUT2D eigenvalue weighted by Gasteiger charge is 2.43.